The van der Waals surface area contributed by atoms with E-state index in [1.165, 1.54) is 24.3 Å². The summed E-state index contributed by atoms with van der Waals surface area (Å²) in [4.78, 5) is 34.4. The van der Waals surface area contributed by atoms with Crippen molar-refractivity contribution in [1.29, 1.82) is 0 Å². The Morgan fingerprint density at radius 3 is 2.18 bits per heavy atom. The van der Waals surface area contributed by atoms with Gasteiger partial charge in [0.25, 0.3) is 5.91 Å². The molecule has 170 valence electrons. The maximum absolute atomic E-state index is 12.8. The second-order valence-corrected chi connectivity index (χ2v) is 6.52. The highest BCUT2D eigenvalue weighted by molar-refractivity contribution is 6.07. The van der Waals surface area contributed by atoms with Crippen molar-refractivity contribution in [3.8, 4) is 11.5 Å². The lowest BCUT2D eigenvalue weighted by Crippen LogP contribution is -2.48. The number of hydrogen-bond acceptors (Lipinski definition) is 5. The van der Waals surface area contributed by atoms with Gasteiger partial charge in [-0.25, -0.2) is 15.2 Å². The fourth-order valence-electron chi connectivity index (χ4n) is 2.76. The second kappa shape index (κ2) is 9.26. The Kier molecular flexibility index (Phi) is 6.47. The lowest BCUT2D eigenvalue weighted by molar-refractivity contribution is -0.385. The minimum atomic E-state index is -4.76. The first-order valence-corrected chi connectivity index (χ1v) is 9.15. The molecule has 0 aromatic heterocycles. The smallest absolute Gasteiger partial charge is 0.416 e. The number of hydrazine groups is 1. The number of ether oxygens (including phenoxy) is 1. The van der Waals surface area contributed by atoms with Gasteiger partial charge in [-0.1, -0.05) is 18.2 Å². The Morgan fingerprint density at radius 2 is 1.64 bits per heavy atom. The van der Waals surface area contributed by atoms with Crippen molar-refractivity contribution < 1.29 is 32.4 Å². The predicted octanol–water partition coefficient (Wildman–Crippen LogP) is 4.64. The molecule has 12 heteroatoms. The zero-order valence-corrected chi connectivity index (χ0v) is 16.6. The van der Waals surface area contributed by atoms with Crippen molar-refractivity contribution in [2.45, 2.75) is 6.18 Å². The number of carbonyl (C=O) groups excluding carboxylic acids is 2. The molecule has 0 atom stereocenters. The SMILES string of the molecule is NC(=O)NN(C(=O)c1ccc(Oc2ccc(C(F)(F)F)cc2[N+](=O)[O-])cc1)c1ccccc1. The van der Waals surface area contributed by atoms with Gasteiger partial charge in [0.15, 0.2) is 0 Å². The summed E-state index contributed by atoms with van der Waals surface area (Å²) < 4.78 is 43.9. The normalized spacial score (nSPS) is 10.9. The van der Waals surface area contributed by atoms with Gasteiger partial charge in [-0.3, -0.25) is 14.9 Å². The molecular formula is C21H15F3N4O5. The summed E-state index contributed by atoms with van der Waals surface area (Å²) in [6.45, 7) is 0. The molecule has 0 aliphatic carbocycles. The van der Waals surface area contributed by atoms with Crippen molar-refractivity contribution in [3.05, 3.63) is 94.0 Å². The number of primary amides is 1. The maximum Gasteiger partial charge on any atom is 0.416 e. The molecule has 9 nitrogen and oxygen atoms in total. The summed E-state index contributed by atoms with van der Waals surface area (Å²) in [6, 6.07) is 14.2. The molecule has 0 saturated carbocycles. The van der Waals surface area contributed by atoms with E-state index in [9.17, 15) is 32.9 Å². The average Bonchev–Trinajstić information content (AvgIpc) is 2.77. The number of nitrogens with zero attached hydrogens (tertiary/aromatic N) is 2. The molecule has 33 heavy (non-hydrogen) atoms. The first kappa shape index (κ1) is 23.1. The zero-order chi connectivity index (χ0) is 24.2. The molecule has 0 spiro atoms. The number of rotatable bonds is 5. The van der Waals surface area contributed by atoms with Gasteiger partial charge >= 0.3 is 17.9 Å². The van der Waals surface area contributed by atoms with Crippen LogP contribution in [0.5, 0.6) is 11.5 Å². The number of carbonyl (C=O) groups is 2. The van der Waals surface area contributed by atoms with Crippen LogP contribution in [0, 0.1) is 10.1 Å². The van der Waals surface area contributed by atoms with E-state index in [1.807, 2.05) is 0 Å². The number of halogens is 3. The van der Waals surface area contributed by atoms with Gasteiger partial charge in [0.2, 0.25) is 5.75 Å². The van der Waals surface area contributed by atoms with Crippen LogP contribution in [-0.4, -0.2) is 16.9 Å². The molecule has 3 aromatic carbocycles. The average molecular weight is 460 g/mol. The molecule has 3 N–H and O–H groups in total. The van der Waals surface area contributed by atoms with Crippen LogP contribution in [0.25, 0.3) is 0 Å². The molecule has 3 amide bonds. The third-order valence-electron chi connectivity index (χ3n) is 4.25. The standard InChI is InChI=1S/C21H15F3N4O5/c22-21(23,24)14-8-11-18(17(12-14)28(31)32)33-16-9-6-13(7-10-16)19(29)27(26-20(25)30)15-4-2-1-3-5-15/h1-12H,(H3,25,26,30). The van der Waals surface area contributed by atoms with E-state index in [1.54, 1.807) is 30.3 Å². The van der Waals surface area contributed by atoms with Crippen LogP contribution in [0.2, 0.25) is 0 Å². The summed E-state index contributed by atoms with van der Waals surface area (Å²) in [7, 11) is 0. The van der Waals surface area contributed by atoms with Gasteiger partial charge in [0, 0.05) is 11.6 Å². The minimum absolute atomic E-state index is 0.0310. The van der Waals surface area contributed by atoms with Gasteiger partial charge < -0.3 is 10.5 Å². The number of benzene rings is 3. The van der Waals surface area contributed by atoms with Crippen LogP contribution in [0.4, 0.5) is 29.3 Å². The Bertz CT molecular complexity index is 1180. The second-order valence-electron chi connectivity index (χ2n) is 6.52. The van der Waals surface area contributed by atoms with Gasteiger partial charge in [-0.2, -0.15) is 13.2 Å². The van der Waals surface area contributed by atoms with Crippen LogP contribution in [0.3, 0.4) is 0 Å². The summed E-state index contributed by atoms with van der Waals surface area (Å²) in [6.07, 6.45) is -4.76. The molecule has 0 saturated heterocycles. The quantitative estimate of drug-likeness (QED) is 0.424. The Labute approximate surface area is 184 Å². The molecule has 0 fully saturated rings. The van der Waals surface area contributed by atoms with E-state index in [4.69, 9.17) is 10.5 Å². The van der Waals surface area contributed by atoms with Crippen molar-refractivity contribution in [1.82, 2.24) is 5.43 Å². The summed E-state index contributed by atoms with van der Waals surface area (Å²) in [5.74, 6) is -1.02. The van der Waals surface area contributed by atoms with E-state index in [-0.39, 0.29) is 11.3 Å². The zero-order valence-electron chi connectivity index (χ0n) is 16.6. The fraction of sp³-hybridized carbons (Fsp3) is 0.0476. The largest absolute Gasteiger partial charge is 0.450 e. The highest BCUT2D eigenvalue weighted by atomic mass is 19.4. The number of nitro benzene ring substituents is 1. The van der Waals surface area contributed by atoms with Gasteiger partial charge in [-0.05, 0) is 48.5 Å². The number of hydrogen-bond donors (Lipinski definition) is 2. The lowest BCUT2D eigenvalue weighted by atomic mass is 10.1. The Morgan fingerprint density at radius 1 is 1.00 bits per heavy atom. The van der Waals surface area contributed by atoms with Crippen molar-refractivity contribution in [2.24, 2.45) is 5.73 Å². The highest BCUT2D eigenvalue weighted by Crippen LogP contribution is 2.37. The maximum atomic E-state index is 12.8. The van der Waals surface area contributed by atoms with Crippen LogP contribution in [0.1, 0.15) is 15.9 Å². The van der Waals surface area contributed by atoms with E-state index in [0.717, 1.165) is 11.1 Å². The van der Waals surface area contributed by atoms with Gasteiger partial charge in [0.05, 0.1) is 16.2 Å². The van der Waals surface area contributed by atoms with Crippen molar-refractivity contribution in [3.63, 3.8) is 0 Å². The molecule has 0 bridgehead atoms. The number of alkyl halides is 3. The monoisotopic (exact) mass is 460 g/mol. The first-order chi connectivity index (χ1) is 15.6. The number of nitro groups is 1. The van der Waals surface area contributed by atoms with E-state index in [2.05, 4.69) is 5.43 Å². The summed E-state index contributed by atoms with van der Waals surface area (Å²) >= 11 is 0. The predicted molar refractivity (Wildman–Crippen MR) is 111 cm³/mol. The number of amides is 3. The first-order valence-electron chi connectivity index (χ1n) is 9.15. The molecule has 0 unspecified atom stereocenters. The Hall–Kier alpha value is -4.61. The summed E-state index contributed by atoms with van der Waals surface area (Å²) in [5.41, 5.74) is 5.73. The molecular weight excluding hydrogens is 445 g/mol. The van der Waals surface area contributed by atoms with E-state index in [0.29, 0.717) is 17.8 Å². The third-order valence-corrected chi connectivity index (χ3v) is 4.25. The van der Waals surface area contributed by atoms with Crippen LogP contribution in [-0.2, 0) is 6.18 Å². The number of nitrogens with two attached hydrogens (primary N) is 1. The van der Waals surface area contributed by atoms with E-state index >= 15 is 0 Å². The number of urea groups is 1. The van der Waals surface area contributed by atoms with Gasteiger partial charge in [-0.15, -0.1) is 0 Å². The fourth-order valence-corrected chi connectivity index (χ4v) is 2.76. The molecule has 0 aliphatic rings. The van der Waals surface area contributed by atoms with Crippen molar-refractivity contribution >= 4 is 23.3 Å². The molecule has 0 heterocycles. The van der Waals surface area contributed by atoms with Crippen LogP contribution in [0.15, 0.2) is 72.8 Å². The molecule has 0 aliphatic heterocycles. The molecule has 0 radical (unpaired) electrons. The number of anilines is 1. The molecule has 3 rings (SSSR count). The summed E-state index contributed by atoms with van der Waals surface area (Å²) in [5, 5.41) is 12.1. The Balaban J connectivity index is 1.85. The topological polar surface area (TPSA) is 128 Å². The number of nitrogens with one attached hydrogen (secondary N) is 1. The van der Waals surface area contributed by atoms with Crippen LogP contribution < -0.4 is 20.9 Å². The minimum Gasteiger partial charge on any atom is -0.450 e. The lowest BCUT2D eigenvalue weighted by Gasteiger charge is -2.22. The van der Waals surface area contributed by atoms with E-state index < -0.39 is 40.0 Å². The van der Waals surface area contributed by atoms with Crippen LogP contribution >= 0.6 is 0 Å². The van der Waals surface area contributed by atoms with Gasteiger partial charge in [0.1, 0.15) is 5.75 Å². The third kappa shape index (κ3) is 5.55. The molecule has 3 aromatic rings. The van der Waals surface area contributed by atoms with Crippen molar-refractivity contribution in [2.75, 3.05) is 5.01 Å². The highest BCUT2D eigenvalue weighted by Gasteiger charge is 2.33. The number of para-hydroxylation sites is 1.